The predicted octanol–water partition coefficient (Wildman–Crippen LogP) is 1.73. The van der Waals surface area contributed by atoms with Crippen molar-refractivity contribution in [3.8, 4) is 0 Å². The monoisotopic (exact) mass is 126 g/mol. The van der Waals surface area contributed by atoms with Crippen LogP contribution in [0, 0.1) is 12.8 Å². The molecule has 0 aliphatic heterocycles. The van der Waals surface area contributed by atoms with Crippen molar-refractivity contribution in [1.82, 2.24) is 0 Å². The second kappa shape index (κ2) is 3.21. The fraction of sp³-hybridized carbons (Fsp3) is 0.875. The molecule has 0 aromatic carbocycles. The molecule has 1 rings (SSSR count). The molecule has 0 heterocycles. The van der Waals surface area contributed by atoms with E-state index in [0.29, 0.717) is 6.04 Å². The molecule has 9 heavy (non-hydrogen) atoms. The van der Waals surface area contributed by atoms with E-state index in [1.165, 1.54) is 25.7 Å². The first kappa shape index (κ1) is 7.07. The molecule has 1 aliphatic rings. The first-order valence-electron chi connectivity index (χ1n) is 3.87. The van der Waals surface area contributed by atoms with Crippen molar-refractivity contribution >= 4 is 0 Å². The van der Waals surface area contributed by atoms with E-state index in [1.807, 2.05) is 0 Å². The zero-order valence-corrected chi connectivity index (χ0v) is 5.97. The van der Waals surface area contributed by atoms with Crippen molar-refractivity contribution in [1.29, 1.82) is 0 Å². The molecule has 0 spiro atoms. The molecule has 0 bridgehead atoms. The highest BCUT2D eigenvalue weighted by atomic mass is 14.6. The van der Waals surface area contributed by atoms with E-state index >= 15 is 0 Å². The summed E-state index contributed by atoms with van der Waals surface area (Å²) < 4.78 is 0. The average Bonchev–Trinajstić information content (AvgIpc) is 1.90. The zero-order chi connectivity index (χ0) is 6.69. The molecular formula is C8H16N-. The summed E-state index contributed by atoms with van der Waals surface area (Å²) >= 11 is 0. The van der Waals surface area contributed by atoms with Crippen molar-refractivity contribution in [3.05, 3.63) is 6.92 Å². The van der Waals surface area contributed by atoms with Crippen LogP contribution in [-0.4, -0.2) is 6.04 Å². The molecule has 0 unspecified atom stereocenters. The summed E-state index contributed by atoms with van der Waals surface area (Å²) in [6.07, 6.45) is 6.17. The molecular weight excluding hydrogens is 110 g/mol. The molecule has 1 heteroatoms. The minimum Gasteiger partial charge on any atom is -0.343 e. The molecule has 1 aliphatic carbocycles. The van der Waals surface area contributed by atoms with Crippen molar-refractivity contribution in [2.75, 3.05) is 0 Å². The lowest BCUT2D eigenvalue weighted by molar-refractivity contribution is 0.328. The van der Waals surface area contributed by atoms with Gasteiger partial charge in [-0.15, -0.1) is 0 Å². The third-order valence-electron chi connectivity index (χ3n) is 2.30. The lowest BCUT2D eigenvalue weighted by Crippen LogP contribution is -2.26. The van der Waals surface area contributed by atoms with Crippen LogP contribution in [0.2, 0.25) is 0 Å². The Labute approximate surface area is 57.6 Å². The molecule has 54 valence electrons. The molecule has 2 N–H and O–H groups in total. The fourth-order valence-corrected chi connectivity index (χ4v) is 1.48. The van der Waals surface area contributed by atoms with Gasteiger partial charge in [0.2, 0.25) is 0 Å². The van der Waals surface area contributed by atoms with Crippen LogP contribution in [0.25, 0.3) is 0 Å². The van der Waals surface area contributed by atoms with E-state index in [1.54, 1.807) is 0 Å². The summed E-state index contributed by atoms with van der Waals surface area (Å²) in [6.45, 7) is 3.89. The maximum absolute atomic E-state index is 5.73. The second-order valence-electron chi connectivity index (χ2n) is 3.07. The lowest BCUT2D eigenvalue weighted by Gasteiger charge is -2.26. The maximum Gasteiger partial charge on any atom is 0.00389 e. The topological polar surface area (TPSA) is 26.0 Å². The molecule has 0 aromatic rings. The summed E-state index contributed by atoms with van der Waals surface area (Å²) in [4.78, 5) is 0. The Kier molecular flexibility index (Phi) is 2.52. The Balaban J connectivity index is 2.18. The summed E-state index contributed by atoms with van der Waals surface area (Å²) in [5.41, 5.74) is 5.73. The van der Waals surface area contributed by atoms with Crippen molar-refractivity contribution in [2.24, 2.45) is 11.7 Å². The van der Waals surface area contributed by atoms with E-state index in [0.717, 1.165) is 12.3 Å². The summed E-state index contributed by atoms with van der Waals surface area (Å²) in [6, 6.07) is 0.493. The van der Waals surface area contributed by atoms with Crippen molar-refractivity contribution < 1.29 is 0 Å². The average molecular weight is 126 g/mol. The highest BCUT2D eigenvalue weighted by Crippen LogP contribution is 2.24. The maximum atomic E-state index is 5.73. The Morgan fingerprint density at radius 3 is 2.22 bits per heavy atom. The summed E-state index contributed by atoms with van der Waals surface area (Å²) in [5, 5.41) is 0. The van der Waals surface area contributed by atoms with Gasteiger partial charge in [-0.1, -0.05) is 18.8 Å². The quantitative estimate of drug-likeness (QED) is 0.532. The standard InChI is InChI=1S/C8H16N/c1-2-7-3-5-8(9)6-4-7/h7-8H,1-6,9H2/q-1. The second-order valence-corrected chi connectivity index (χ2v) is 3.07. The van der Waals surface area contributed by atoms with Gasteiger partial charge in [0, 0.05) is 6.04 Å². The van der Waals surface area contributed by atoms with Crippen molar-refractivity contribution in [3.63, 3.8) is 0 Å². The molecule has 0 saturated heterocycles. The number of hydrogen-bond acceptors (Lipinski definition) is 1. The molecule has 0 amide bonds. The van der Waals surface area contributed by atoms with E-state index in [4.69, 9.17) is 5.73 Å². The van der Waals surface area contributed by atoms with Gasteiger partial charge in [0.05, 0.1) is 0 Å². The van der Waals surface area contributed by atoms with Crippen LogP contribution < -0.4 is 5.73 Å². The Bertz CT molecular complexity index is 72.6. The van der Waals surface area contributed by atoms with Crippen LogP contribution in [0.3, 0.4) is 0 Å². The van der Waals surface area contributed by atoms with Gasteiger partial charge in [-0.05, 0) is 12.8 Å². The number of rotatable bonds is 1. The van der Waals surface area contributed by atoms with Gasteiger partial charge in [0.15, 0.2) is 0 Å². The zero-order valence-electron chi connectivity index (χ0n) is 5.97. The largest absolute Gasteiger partial charge is 0.343 e. The van der Waals surface area contributed by atoms with Gasteiger partial charge in [-0.2, -0.15) is 6.42 Å². The van der Waals surface area contributed by atoms with Crippen LogP contribution in [0.15, 0.2) is 0 Å². The van der Waals surface area contributed by atoms with Gasteiger partial charge < -0.3 is 12.7 Å². The molecule has 1 saturated carbocycles. The lowest BCUT2D eigenvalue weighted by atomic mass is 9.85. The third kappa shape index (κ3) is 1.98. The molecule has 0 radical (unpaired) electrons. The molecule has 1 nitrogen and oxygen atoms in total. The first-order valence-corrected chi connectivity index (χ1v) is 3.87. The minimum atomic E-state index is 0.493. The van der Waals surface area contributed by atoms with E-state index in [2.05, 4.69) is 6.92 Å². The highest BCUT2D eigenvalue weighted by molar-refractivity contribution is 4.74. The van der Waals surface area contributed by atoms with Gasteiger partial charge in [-0.3, -0.25) is 0 Å². The molecule has 0 aromatic heterocycles. The Morgan fingerprint density at radius 2 is 1.78 bits per heavy atom. The summed E-state index contributed by atoms with van der Waals surface area (Å²) in [7, 11) is 0. The van der Waals surface area contributed by atoms with Crippen LogP contribution in [0.1, 0.15) is 32.1 Å². The smallest absolute Gasteiger partial charge is 0.00389 e. The predicted molar refractivity (Wildman–Crippen MR) is 39.9 cm³/mol. The van der Waals surface area contributed by atoms with Gasteiger partial charge in [-0.25, -0.2) is 0 Å². The fourth-order valence-electron chi connectivity index (χ4n) is 1.48. The van der Waals surface area contributed by atoms with Crippen LogP contribution in [-0.2, 0) is 0 Å². The number of nitrogens with two attached hydrogens (primary N) is 1. The minimum absolute atomic E-state index is 0.493. The van der Waals surface area contributed by atoms with Crippen LogP contribution >= 0.6 is 0 Å². The first-order chi connectivity index (χ1) is 4.33. The number of hydrogen-bond donors (Lipinski definition) is 1. The Hall–Kier alpha value is -0.0400. The van der Waals surface area contributed by atoms with Gasteiger partial charge >= 0.3 is 0 Å². The van der Waals surface area contributed by atoms with Crippen LogP contribution in [0.4, 0.5) is 0 Å². The van der Waals surface area contributed by atoms with Crippen molar-refractivity contribution in [2.45, 2.75) is 38.1 Å². The molecule has 1 fully saturated rings. The molecule has 0 atom stereocenters. The van der Waals surface area contributed by atoms with Gasteiger partial charge in [0.1, 0.15) is 0 Å². The highest BCUT2D eigenvalue weighted by Gasteiger charge is 2.14. The van der Waals surface area contributed by atoms with Gasteiger partial charge in [0.25, 0.3) is 0 Å². The third-order valence-corrected chi connectivity index (χ3v) is 2.30. The van der Waals surface area contributed by atoms with E-state index < -0.39 is 0 Å². The van der Waals surface area contributed by atoms with Crippen LogP contribution in [0.5, 0.6) is 0 Å². The summed E-state index contributed by atoms with van der Waals surface area (Å²) in [5.74, 6) is 0.879. The SMILES string of the molecule is [CH2-]CC1CCC(N)CC1. The normalized spacial score (nSPS) is 36.7. The van der Waals surface area contributed by atoms with E-state index in [9.17, 15) is 0 Å². The van der Waals surface area contributed by atoms with E-state index in [-0.39, 0.29) is 0 Å². The Morgan fingerprint density at radius 1 is 1.22 bits per heavy atom.